The van der Waals surface area contributed by atoms with E-state index in [1.54, 1.807) is 0 Å². The van der Waals surface area contributed by atoms with Gasteiger partial charge >= 0.3 is 0 Å². The van der Waals surface area contributed by atoms with Gasteiger partial charge < -0.3 is 14.6 Å². The van der Waals surface area contributed by atoms with E-state index in [9.17, 15) is 4.79 Å². The molecule has 2 aromatic heterocycles. The number of aromatic nitrogens is 5. The van der Waals surface area contributed by atoms with Gasteiger partial charge in [0.2, 0.25) is 0 Å². The summed E-state index contributed by atoms with van der Waals surface area (Å²) in [7, 11) is 0. The number of pyridine rings is 1. The quantitative estimate of drug-likeness (QED) is 0.546. The van der Waals surface area contributed by atoms with E-state index in [-0.39, 0.29) is 11.6 Å². The molecule has 9 heteroatoms. The lowest BCUT2D eigenvalue weighted by Gasteiger charge is -2.38. The smallest absolute Gasteiger partial charge is 0.253 e. The molecule has 2 aliphatic rings. The molecule has 1 atom stereocenters. The third-order valence-corrected chi connectivity index (χ3v) is 7.20. The predicted molar refractivity (Wildman–Crippen MR) is 131 cm³/mol. The van der Waals surface area contributed by atoms with Gasteiger partial charge in [0.05, 0.1) is 12.6 Å². The van der Waals surface area contributed by atoms with Crippen LogP contribution in [0.15, 0.2) is 29.1 Å². The summed E-state index contributed by atoms with van der Waals surface area (Å²) >= 11 is 0. The lowest BCUT2D eigenvalue weighted by molar-refractivity contribution is 0.103. The van der Waals surface area contributed by atoms with Crippen LogP contribution in [0, 0.1) is 0 Å². The minimum Gasteiger partial charge on any atom is -0.494 e. The zero-order valence-corrected chi connectivity index (χ0v) is 20.2. The summed E-state index contributed by atoms with van der Waals surface area (Å²) in [6.07, 6.45) is 5.71. The molecular formula is C25H35N7O2. The fraction of sp³-hybridized carbons (Fsp3) is 0.600. The highest BCUT2D eigenvalue weighted by Gasteiger charge is 2.34. The van der Waals surface area contributed by atoms with Gasteiger partial charge in [0.15, 0.2) is 5.82 Å². The largest absolute Gasteiger partial charge is 0.494 e. The number of piperazine rings is 1. The van der Waals surface area contributed by atoms with Gasteiger partial charge in [0.25, 0.3) is 5.56 Å². The van der Waals surface area contributed by atoms with Gasteiger partial charge in [-0.1, -0.05) is 19.8 Å². The van der Waals surface area contributed by atoms with Crippen LogP contribution in [0.4, 0.5) is 0 Å². The molecule has 0 amide bonds. The van der Waals surface area contributed by atoms with E-state index in [2.05, 4.69) is 37.2 Å². The highest BCUT2D eigenvalue weighted by molar-refractivity contribution is 5.80. The average Bonchev–Trinajstić information content (AvgIpc) is 3.53. The molecule has 1 saturated heterocycles. The average molecular weight is 466 g/mol. The molecule has 34 heavy (non-hydrogen) atoms. The minimum atomic E-state index is -0.289. The fourth-order valence-corrected chi connectivity index (χ4v) is 5.51. The van der Waals surface area contributed by atoms with Crippen molar-refractivity contribution in [2.75, 3.05) is 39.3 Å². The number of ether oxygens (including phenoxy) is 1. The van der Waals surface area contributed by atoms with Crippen molar-refractivity contribution in [2.24, 2.45) is 0 Å². The summed E-state index contributed by atoms with van der Waals surface area (Å²) in [5.41, 5.74) is 1.41. The number of nitrogens with zero attached hydrogens (tertiary/aromatic N) is 6. The third-order valence-electron chi connectivity index (χ3n) is 7.20. The first-order chi connectivity index (χ1) is 16.7. The molecule has 2 fully saturated rings. The van der Waals surface area contributed by atoms with Crippen LogP contribution in [-0.4, -0.2) is 74.3 Å². The maximum Gasteiger partial charge on any atom is 0.253 e. The standard InChI is InChI=1S/C25H35N7O2/c1-3-11-30-12-14-31(15-13-30)23(24-27-28-29-32(24)19-7-5-6-8-19)21-17-18-16-20(34-4-2)9-10-22(18)26-25(21)33/h9-10,16-17,19,23H,3-8,11-15H2,1-2H3,(H,26,33)/t23-/m0/s1. The Bertz CT molecular complexity index is 1160. The highest BCUT2D eigenvalue weighted by atomic mass is 16.5. The number of hydrogen-bond donors (Lipinski definition) is 1. The Hall–Kier alpha value is -2.78. The number of benzene rings is 1. The van der Waals surface area contributed by atoms with Crippen molar-refractivity contribution in [1.82, 2.24) is 35.0 Å². The van der Waals surface area contributed by atoms with E-state index in [1.807, 2.05) is 35.9 Å². The lowest BCUT2D eigenvalue weighted by Crippen LogP contribution is -2.49. The van der Waals surface area contributed by atoms with Crippen molar-refractivity contribution in [3.05, 3.63) is 46.0 Å². The molecule has 182 valence electrons. The summed E-state index contributed by atoms with van der Waals surface area (Å²) in [5.74, 6) is 1.58. The van der Waals surface area contributed by atoms with Gasteiger partial charge in [0.1, 0.15) is 11.8 Å². The summed E-state index contributed by atoms with van der Waals surface area (Å²) in [6, 6.07) is 7.82. The van der Waals surface area contributed by atoms with Crippen LogP contribution in [0.2, 0.25) is 0 Å². The third kappa shape index (κ3) is 4.59. The van der Waals surface area contributed by atoms with Crippen molar-refractivity contribution >= 4 is 10.9 Å². The van der Waals surface area contributed by atoms with E-state index in [4.69, 9.17) is 4.74 Å². The molecule has 1 N–H and O–H groups in total. The van der Waals surface area contributed by atoms with E-state index in [1.165, 1.54) is 12.8 Å². The molecule has 3 heterocycles. The van der Waals surface area contributed by atoms with Crippen molar-refractivity contribution in [2.45, 2.75) is 58.0 Å². The zero-order chi connectivity index (χ0) is 23.5. The molecule has 5 rings (SSSR count). The van der Waals surface area contributed by atoms with Crippen LogP contribution in [0.1, 0.15) is 69.4 Å². The second-order valence-electron chi connectivity index (χ2n) is 9.44. The van der Waals surface area contributed by atoms with Crippen molar-refractivity contribution in [3.8, 4) is 5.75 Å². The maximum absolute atomic E-state index is 13.4. The van der Waals surface area contributed by atoms with E-state index < -0.39 is 0 Å². The minimum absolute atomic E-state index is 0.0846. The topological polar surface area (TPSA) is 92.2 Å². The molecule has 0 bridgehead atoms. The SMILES string of the molecule is CCCN1CCN([C@@H](c2cc3cc(OCC)ccc3[nH]c2=O)c2nnnn2C2CCCC2)CC1. The van der Waals surface area contributed by atoms with Crippen molar-refractivity contribution in [3.63, 3.8) is 0 Å². The number of hydrogen-bond acceptors (Lipinski definition) is 7. The summed E-state index contributed by atoms with van der Waals surface area (Å²) in [5, 5.41) is 13.9. The Morgan fingerprint density at radius 2 is 1.91 bits per heavy atom. The molecule has 1 aliphatic carbocycles. The Labute approximate surface area is 200 Å². The molecule has 0 spiro atoms. The number of aromatic amines is 1. The van der Waals surface area contributed by atoms with Crippen LogP contribution in [0.5, 0.6) is 5.75 Å². The number of rotatable bonds is 8. The first-order valence-electron chi connectivity index (χ1n) is 12.7. The molecule has 0 unspecified atom stereocenters. The van der Waals surface area contributed by atoms with Crippen LogP contribution >= 0.6 is 0 Å². The predicted octanol–water partition coefficient (Wildman–Crippen LogP) is 3.15. The number of nitrogens with one attached hydrogen (secondary N) is 1. The van der Waals surface area contributed by atoms with Crippen molar-refractivity contribution in [1.29, 1.82) is 0 Å². The number of H-pyrrole nitrogens is 1. The summed E-state index contributed by atoms with van der Waals surface area (Å²) < 4.78 is 7.71. The maximum atomic E-state index is 13.4. The monoisotopic (exact) mass is 465 g/mol. The molecule has 3 aromatic rings. The first-order valence-corrected chi connectivity index (χ1v) is 12.7. The van der Waals surface area contributed by atoms with Crippen molar-refractivity contribution < 1.29 is 4.74 Å². The molecule has 0 radical (unpaired) electrons. The van der Waals surface area contributed by atoms with Gasteiger partial charge in [0, 0.05) is 42.6 Å². The second-order valence-corrected chi connectivity index (χ2v) is 9.44. The van der Waals surface area contributed by atoms with E-state index in [0.717, 1.165) is 74.5 Å². The summed E-state index contributed by atoms with van der Waals surface area (Å²) in [6.45, 7) is 9.61. The first kappa shape index (κ1) is 23.0. The molecule has 9 nitrogen and oxygen atoms in total. The molecule has 1 aromatic carbocycles. The Balaban J connectivity index is 1.57. The second kappa shape index (κ2) is 10.2. The van der Waals surface area contributed by atoms with Gasteiger partial charge in [-0.25, -0.2) is 4.68 Å². The van der Waals surface area contributed by atoms with Crippen LogP contribution < -0.4 is 10.3 Å². The van der Waals surface area contributed by atoms with Gasteiger partial charge in [-0.3, -0.25) is 9.69 Å². The summed E-state index contributed by atoms with van der Waals surface area (Å²) in [4.78, 5) is 21.4. The lowest BCUT2D eigenvalue weighted by atomic mass is 10.0. The van der Waals surface area contributed by atoms with E-state index >= 15 is 0 Å². The van der Waals surface area contributed by atoms with Gasteiger partial charge in [-0.05, 0) is 67.4 Å². The zero-order valence-electron chi connectivity index (χ0n) is 20.2. The van der Waals surface area contributed by atoms with E-state index in [0.29, 0.717) is 18.2 Å². The highest BCUT2D eigenvalue weighted by Crippen LogP contribution is 2.34. The van der Waals surface area contributed by atoms with Crippen LogP contribution in [0.25, 0.3) is 10.9 Å². The van der Waals surface area contributed by atoms with Gasteiger partial charge in [-0.2, -0.15) is 0 Å². The molecule has 1 aliphatic heterocycles. The van der Waals surface area contributed by atoms with Gasteiger partial charge in [-0.15, -0.1) is 5.10 Å². The number of tetrazole rings is 1. The normalized spacial score (nSPS) is 19.1. The Morgan fingerprint density at radius 1 is 1.12 bits per heavy atom. The Kier molecular flexibility index (Phi) is 6.92. The molecule has 1 saturated carbocycles. The number of fused-ring (bicyclic) bond motifs is 1. The van der Waals surface area contributed by atoms with Crippen LogP contribution in [0.3, 0.4) is 0 Å². The molecular weight excluding hydrogens is 430 g/mol. The van der Waals surface area contributed by atoms with Crippen LogP contribution in [-0.2, 0) is 0 Å². The Morgan fingerprint density at radius 3 is 2.65 bits per heavy atom. The fourth-order valence-electron chi connectivity index (χ4n) is 5.51.